The Morgan fingerprint density at radius 2 is 1.87 bits per heavy atom. The predicted octanol–water partition coefficient (Wildman–Crippen LogP) is 4.83. The van der Waals surface area contributed by atoms with Crippen LogP contribution < -0.4 is 4.90 Å². The zero-order chi connectivity index (χ0) is 15.8. The number of ketones is 1. The van der Waals surface area contributed by atoms with Gasteiger partial charge in [0.25, 0.3) is 0 Å². The number of anilines is 1. The van der Waals surface area contributed by atoms with Crippen LogP contribution in [0.25, 0.3) is 0 Å². The molecule has 2 aromatic carbocycles. The average molecular weight is 319 g/mol. The lowest BCUT2D eigenvalue weighted by molar-refractivity contribution is 0.103. The quantitative estimate of drug-likeness (QED) is 0.740. The maximum Gasteiger partial charge on any atom is 0.189 e. The SMILES string of the molecule is CCN1/C(=C/C=C2\Cc3ccccc3C2=O)Sc2ccccc21. The van der Waals surface area contributed by atoms with E-state index >= 15 is 0 Å². The van der Waals surface area contributed by atoms with Gasteiger partial charge in [-0.2, -0.15) is 0 Å². The molecule has 1 aliphatic carbocycles. The van der Waals surface area contributed by atoms with Crippen LogP contribution in [0.3, 0.4) is 0 Å². The van der Waals surface area contributed by atoms with Crippen molar-refractivity contribution in [1.29, 1.82) is 0 Å². The molecule has 0 saturated carbocycles. The molecule has 0 bridgehead atoms. The Bertz CT molecular complexity index is 850. The number of hydrogen-bond acceptors (Lipinski definition) is 3. The molecule has 0 atom stereocenters. The molecule has 1 heterocycles. The summed E-state index contributed by atoms with van der Waals surface area (Å²) in [6, 6.07) is 16.3. The van der Waals surface area contributed by atoms with Crippen LogP contribution in [0.15, 0.2) is 76.2 Å². The third kappa shape index (κ3) is 2.41. The molecule has 0 radical (unpaired) electrons. The number of Topliss-reactive ketones (excluding diaryl/α,β-unsaturated/α-hetero) is 1. The minimum atomic E-state index is 0.168. The molecule has 2 nitrogen and oxygen atoms in total. The van der Waals surface area contributed by atoms with Crippen molar-refractivity contribution in [2.75, 3.05) is 11.4 Å². The molecule has 0 N–H and O–H groups in total. The first-order valence-electron chi connectivity index (χ1n) is 7.86. The van der Waals surface area contributed by atoms with Gasteiger partial charge in [0.2, 0.25) is 0 Å². The van der Waals surface area contributed by atoms with Crippen molar-refractivity contribution in [3.8, 4) is 0 Å². The maximum absolute atomic E-state index is 12.5. The Morgan fingerprint density at radius 3 is 2.70 bits per heavy atom. The molecule has 4 rings (SSSR count). The standard InChI is InChI=1S/C20H17NOS/c1-2-21-17-9-5-6-10-18(17)23-19(21)12-11-15-13-14-7-3-4-8-16(14)20(15)22/h3-12H,2,13H2,1H3/b15-11+,19-12-. The fourth-order valence-electron chi connectivity index (χ4n) is 3.16. The largest absolute Gasteiger partial charge is 0.335 e. The highest BCUT2D eigenvalue weighted by molar-refractivity contribution is 8.03. The predicted molar refractivity (Wildman–Crippen MR) is 96.0 cm³/mol. The molecule has 2 aromatic rings. The summed E-state index contributed by atoms with van der Waals surface area (Å²) >= 11 is 1.77. The van der Waals surface area contributed by atoms with Gasteiger partial charge in [-0.25, -0.2) is 0 Å². The number of carbonyl (C=O) groups excluding carboxylic acids is 1. The summed E-state index contributed by atoms with van der Waals surface area (Å²) < 4.78 is 0. The lowest BCUT2D eigenvalue weighted by Crippen LogP contribution is -2.16. The Kier molecular flexibility index (Phi) is 3.58. The van der Waals surface area contributed by atoms with Gasteiger partial charge >= 0.3 is 0 Å². The van der Waals surface area contributed by atoms with Gasteiger partial charge < -0.3 is 4.90 Å². The molecule has 0 fully saturated rings. The van der Waals surface area contributed by atoms with Crippen molar-refractivity contribution in [2.24, 2.45) is 0 Å². The monoisotopic (exact) mass is 319 g/mol. The highest BCUT2D eigenvalue weighted by atomic mass is 32.2. The third-order valence-corrected chi connectivity index (χ3v) is 5.45. The molecule has 23 heavy (non-hydrogen) atoms. The normalized spacial score (nSPS) is 19.5. The van der Waals surface area contributed by atoms with Gasteiger partial charge in [-0.05, 0) is 30.7 Å². The minimum Gasteiger partial charge on any atom is -0.335 e. The number of rotatable bonds is 2. The molecular weight excluding hydrogens is 302 g/mol. The number of fused-ring (bicyclic) bond motifs is 2. The van der Waals surface area contributed by atoms with Gasteiger partial charge in [0.05, 0.1) is 10.7 Å². The van der Waals surface area contributed by atoms with E-state index in [2.05, 4.69) is 42.2 Å². The van der Waals surface area contributed by atoms with E-state index in [1.807, 2.05) is 30.3 Å². The van der Waals surface area contributed by atoms with Gasteiger partial charge in [-0.3, -0.25) is 4.79 Å². The van der Waals surface area contributed by atoms with Gasteiger partial charge in [0.1, 0.15) is 0 Å². The molecule has 0 aromatic heterocycles. The molecule has 0 spiro atoms. The van der Waals surface area contributed by atoms with E-state index in [-0.39, 0.29) is 5.78 Å². The number of para-hydroxylation sites is 1. The van der Waals surface area contributed by atoms with Gasteiger partial charge in [0, 0.05) is 29.0 Å². The molecule has 114 valence electrons. The van der Waals surface area contributed by atoms with Crippen molar-refractivity contribution >= 4 is 23.2 Å². The number of allylic oxidation sites excluding steroid dienone is 3. The fraction of sp³-hybridized carbons (Fsp3) is 0.150. The first kappa shape index (κ1) is 14.3. The molecule has 0 saturated heterocycles. The first-order valence-corrected chi connectivity index (χ1v) is 8.67. The number of thioether (sulfide) groups is 1. The van der Waals surface area contributed by atoms with Crippen molar-refractivity contribution in [2.45, 2.75) is 18.2 Å². The maximum atomic E-state index is 12.5. The number of nitrogens with zero attached hydrogens (tertiary/aromatic N) is 1. The van der Waals surface area contributed by atoms with E-state index in [1.165, 1.54) is 15.6 Å². The highest BCUT2D eigenvalue weighted by Crippen LogP contribution is 2.45. The molecule has 2 aliphatic rings. The summed E-state index contributed by atoms with van der Waals surface area (Å²) in [6.45, 7) is 3.08. The minimum absolute atomic E-state index is 0.168. The molecule has 0 amide bonds. The first-order chi connectivity index (χ1) is 11.3. The van der Waals surface area contributed by atoms with E-state index in [9.17, 15) is 4.79 Å². The zero-order valence-corrected chi connectivity index (χ0v) is 13.8. The van der Waals surface area contributed by atoms with Crippen molar-refractivity contribution in [1.82, 2.24) is 0 Å². The smallest absolute Gasteiger partial charge is 0.189 e. The number of carbonyl (C=O) groups is 1. The van der Waals surface area contributed by atoms with Gasteiger partial charge in [-0.1, -0.05) is 54.2 Å². The molecule has 0 unspecified atom stereocenters. The Hall–Kier alpha value is -2.26. The summed E-state index contributed by atoms with van der Waals surface area (Å²) in [5.41, 5.74) is 4.13. The van der Waals surface area contributed by atoms with Crippen LogP contribution in [0.5, 0.6) is 0 Å². The van der Waals surface area contributed by atoms with Crippen molar-refractivity contribution in [3.63, 3.8) is 0 Å². The Morgan fingerprint density at radius 1 is 1.09 bits per heavy atom. The third-order valence-electron chi connectivity index (χ3n) is 4.31. The fourth-order valence-corrected chi connectivity index (χ4v) is 4.29. The molecular formula is C20H17NOS. The van der Waals surface area contributed by atoms with E-state index in [0.29, 0.717) is 0 Å². The van der Waals surface area contributed by atoms with Crippen LogP contribution >= 0.6 is 11.8 Å². The van der Waals surface area contributed by atoms with Crippen LogP contribution in [-0.2, 0) is 6.42 Å². The van der Waals surface area contributed by atoms with Crippen LogP contribution in [0.2, 0.25) is 0 Å². The van der Waals surface area contributed by atoms with Crippen LogP contribution in [0.1, 0.15) is 22.8 Å². The molecule has 1 aliphatic heterocycles. The number of benzene rings is 2. The van der Waals surface area contributed by atoms with Gasteiger partial charge in [-0.15, -0.1) is 0 Å². The highest BCUT2D eigenvalue weighted by Gasteiger charge is 2.25. The second-order valence-corrected chi connectivity index (χ2v) is 6.74. The summed E-state index contributed by atoms with van der Waals surface area (Å²) in [6.07, 6.45) is 4.83. The van der Waals surface area contributed by atoms with E-state index in [1.54, 1.807) is 11.8 Å². The summed E-state index contributed by atoms with van der Waals surface area (Å²) in [4.78, 5) is 16.0. The van der Waals surface area contributed by atoms with E-state index < -0.39 is 0 Å². The van der Waals surface area contributed by atoms with E-state index in [4.69, 9.17) is 0 Å². The van der Waals surface area contributed by atoms with E-state index in [0.717, 1.165) is 29.7 Å². The average Bonchev–Trinajstić information content (AvgIpc) is 3.10. The second kappa shape index (κ2) is 5.74. The number of hydrogen-bond donors (Lipinski definition) is 0. The Balaban J connectivity index is 1.64. The van der Waals surface area contributed by atoms with Crippen LogP contribution in [0, 0.1) is 0 Å². The van der Waals surface area contributed by atoms with Crippen molar-refractivity contribution < 1.29 is 4.79 Å². The molecule has 3 heteroatoms. The second-order valence-electron chi connectivity index (χ2n) is 5.67. The lowest BCUT2D eigenvalue weighted by atomic mass is 10.1. The van der Waals surface area contributed by atoms with Crippen molar-refractivity contribution in [3.05, 3.63) is 82.4 Å². The topological polar surface area (TPSA) is 20.3 Å². The zero-order valence-electron chi connectivity index (χ0n) is 13.0. The van der Waals surface area contributed by atoms with Crippen LogP contribution in [-0.4, -0.2) is 12.3 Å². The van der Waals surface area contributed by atoms with Gasteiger partial charge in [0.15, 0.2) is 5.78 Å². The van der Waals surface area contributed by atoms with Crippen LogP contribution in [0.4, 0.5) is 5.69 Å². The summed E-state index contributed by atoms with van der Waals surface area (Å²) in [5, 5.41) is 1.19. The summed E-state index contributed by atoms with van der Waals surface area (Å²) in [7, 11) is 0. The lowest BCUT2D eigenvalue weighted by Gasteiger charge is -2.17. The summed E-state index contributed by atoms with van der Waals surface area (Å²) in [5.74, 6) is 0.168. The Labute approximate surface area is 140 Å².